The van der Waals surface area contributed by atoms with Crippen LogP contribution in [0.15, 0.2) is 67.4 Å². The summed E-state index contributed by atoms with van der Waals surface area (Å²) in [6.07, 6.45) is 20.4. The molecule has 0 aliphatic heterocycles. The molecule has 2 aromatic carbocycles. The number of ether oxygens (including phenoxy) is 1. The molecular formula is C32H40F2N6O2. The topological polar surface area (TPSA) is 90.9 Å². The van der Waals surface area contributed by atoms with Crippen LogP contribution < -0.4 is 4.74 Å². The molecule has 0 spiro atoms. The minimum Gasteiger partial charge on any atom is -0.487 e. The molecule has 0 aliphatic rings. The highest BCUT2D eigenvalue weighted by Crippen LogP contribution is 2.28. The van der Waals surface area contributed by atoms with Gasteiger partial charge in [0.2, 0.25) is 0 Å². The Labute approximate surface area is 246 Å². The molecule has 0 fully saturated rings. The smallest absolute Gasteiger partial charge is 0.137 e. The first-order valence-corrected chi connectivity index (χ1v) is 14.7. The molecule has 2 aromatic heterocycles. The van der Waals surface area contributed by atoms with Gasteiger partial charge in [0, 0.05) is 11.6 Å². The average Bonchev–Trinajstić information content (AvgIpc) is 3.65. The lowest BCUT2D eigenvalue weighted by Gasteiger charge is -2.28. The summed E-state index contributed by atoms with van der Waals surface area (Å²) in [4.78, 5) is 3.88. The van der Waals surface area contributed by atoms with Crippen molar-refractivity contribution in [2.45, 2.75) is 90.0 Å². The van der Waals surface area contributed by atoms with Gasteiger partial charge in [0.25, 0.3) is 0 Å². The highest BCUT2D eigenvalue weighted by molar-refractivity contribution is 5.50. The van der Waals surface area contributed by atoms with Crippen molar-refractivity contribution in [2.75, 3.05) is 0 Å². The van der Waals surface area contributed by atoms with Crippen molar-refractivity contribution >= 4 is 6.08 Å². The summed E-state index contributed by atoms with van der Waals surface area (Å²) in [6, 6.07) is 10.9. The van der Waals surface area contributed by atoms with Crippen LogP contribution in [-0.2, 0) is 25.3 Å². The van der Waals surface area contributed by atoms with Crippen molar-refractivity contribution in [1.29, 1.82) is 0 Å². The van der Waals surface area contributed by atoms with Crippen LogP contribution in [0.2, 0.25) is 0 Å². The predicted octanol–water partition coefficient (Wildman–Crippen LogP) is 6.86. The van der Waals surface area contributed by atoms with Gasteiger partial charge in [-0.25, -0.2) is 23.1 Å². The third kappa shape index (κ3) is 9.58. The van der Waals surface area contributed by atoms with Gasteiger partial charge in [0.15, 0.2) is 0 Å². The summed E-state index contributed by atoms with van der Waals surface area (Å²) >= 11 is 0. The zero-order valence-electron chi connectivity index (χ0n) is 24.2. The fourth-order valence-corrected chi connectivity index (χ4v) is 4.87. The molecule has 4 aromatic rings. The molecule has 8 nitrogen and oxygen atoms in total. The quantitative estimate of drug-likeness (QED) is 0.130. The molecule has 0 aliphatic carbocycles. The van der Waals surface area contributed by atoms with Crippen LogP contribution in [0.3, 0.4) is 0 Å². The largest absolute Gasteiger partial charge is 0.487 e. The summed E-state index contributed by atoms with van der Waals surface area (Å²) in [7, 11) is 0. The minimum absolute atomic E-state index is 0.0837. The van der Waals surface area contributed by atoms with E-state index < -0.39 is 17.2 Å². The second kappa shape index (κ2) is 15.9. The zero-order valence-corrected chi connectivity index (χ0v) is 24.2. The molecule has 4 rings (SSSR count). The molecule has 224 valence electrons. The second-order valence-corrected chi connectivity index (χ2v) is 10.7. The van der Waals surface area contributed by atoms with Gasteiger partial charge in [0.05, 0.1) is 19.3 Å². The lowest BCUT2D eigenvalue weighted by Crippen LogP contribution is -2.37. The average molecular weight is 579 g/mol. The minimum atomic E-state index is -1.80. The van der Waals surface area contributed by atoms with E-state index in [1.165, 1.54) is 79.5 Å². The Balaban J connectivity index is 1.26. The van der Waals surface area contributed by atoms with E-state index in [4.69, 9.17) is 4.74 Å². The van der Waals surface area contributed by atoms with Gasteiger partial charge in [0.1, 0.15) is 47.9 Å². The first-order valence-electron chi connectivity index (χ1n) is 14.7. The highest BCUT2D eigenvalue weighted by Gasteiger charge is 2.34. The number of rotatable bonds is 18. The highest BCUT2D eigenvalue weighted by atomic mass is 19.1. The van der Waals surface area contributed by atoms with Crippen molar-refractivity contribution in [3.63, 3.8) is 0 Å². The number of hydrogen-bond acceptors (Lipinski definition) is 6. The van der Waals surface area contributed by atoms with Gasteiger partial charge in [-0.1, -0.05) is 87.4 Å². The monoisotopic (exact) mass is 578 g/mol. The SMILES string of the molecule is CCCCCCCCCCC=Cc1ccc(OCc2cn(CC(O)(Cn3cncn3)c3ccc(F)cc3F)nn2)cc1. The van der Waals surface area contributed by atoms with Gasteiger partial charge in [-0.2, -0.15) is 5.10 Å². The Morgan fingerprint density at radius 3 is 2.38 bits per heavy atom. The first kappa shape index (κ1) is 31.0. The Bertz CT molecular complexity index is 1370. The van der Waals surface area contributed by atoms with Crippen molar-refractivity contribution in [1.82, 2.24) is 29.8 Å². The zero-order chi connectivity index (χ0) is 29.6. The summed E-state index contributed by atoms with van der Waals surface area (Å²) in [5.74, 6) is -0.906. The maximum absolute atomic E-state index is 14.7. The van der Waals surface area contributed by atoms with Crippen molar-refractivity contribution in [3.8, 4) is 5.75 Å². The molecule has 0 amide bonds. The summed E-state index contributed by atoms with van der Waals surface area (Å²) in [5, 5.41) is 23.7. The van der Waals surface area contributed by atoms with Crippen molar-refractivity contribution < 1.29 is 18.6 Å². The van der Waals surface area contributed by atoms with Crippen molar-refractivity contribution in [2.24, 2.45) is 0 Å². The Morgan fingerprint density at radius 2 is 1.67 bits per heavy atom. The molecule has 1 unspecified atom stereocenters. The van der Waals surface area contributed by atoms with Crippen molar-refractivity contribution in [3.05, 3.63) is 95.8 Å². The van der Waals surface area contributed by atoms with Crippen LogP contribution in [0.1, 0.15) is 81.5 Å². The number of nitrogens with zero attached hydrogens (tertiary/aromatic N) is 6. The lowest BCUT2D eigenvalue weighted by molar-refractivity contribution is -0.00892. The number of allylic oxidation sites excluding steroid dienone is 1. The lowest BCUT2D eigenvalue weighted by atomic mass is 9.93. The van der Waals surface area contributed by atoms with E-state index in [1.807, 2.05) is 24.3 Å². The third-order valence-corrected chi connectivity index (χ3v) is 7.13. The molecule has 0 radical (unpaired) electrons. The maximum Gasteiger partial charge on any atom is 0.137 e. The van der Waals surface area contributed by atoms with Gasteiger partial charge >= 0.3 is 0 Å². The molecule has 0 saturated carbocycles. The van der Waals surface area contributed by atoms with E-state index >= 15 is 0 Å². The number of hydrogen-bond donors (Lipinski definition) is 1. The molecule has 2 heterocycles. The molecule has 42 heavy (non-hydrogen) atoms. The van der Waals surface area contributed by atoms with E-state index in [0.717, 1.165) is 24.1 Å². The summed E-state index contributed by atoms with van der Waals surface area (Å²) in [5.41, 5.74) is -0.228. The Morgan fingerprint density at radius 1 is 0.929 bits per heavy atom. The Kier molecular flexibility index (Phi) is 11.8. The first-order chi connectivity index (χ1) is 20.4. The second-order valence-electron chi connectivity index (χ2n) is 10.7. The molecule has 0 saturated heterocycles. The van der Waals surface area contributed by atoms with E-state index in [1.54, 1.807) is 6.20 Å². The Hall–Kier alpha value is -3.92. The molecule has 10 heteroatoms. The van der Waals surface area contributed by atoms with Gasteiger partial charge < -0.3 is 9.84 Å². The standard InChI is InChI=1S/C32H40F2N6O2/c1-2-3-4-5-6-7-8-9-10-11-12-26-13-16-29(17-14-26)42-21-28-20-39(38-37-28)22-32(41,23-40-25-35-24-36-40)30-18-15-27(33)19-31(30)34/h11-20,24-25,41H,2-10,21-23H2,1H3. The molecule has 0 bridgehead atoms. The van der Waals surface area contributed by atoms with Crippen LogP contribution in [-0.4, -0.2) is 34.9 Å². The number of aromatic nitrogens is 6. The van der Waals surface area contributed by atoms with E-state index in [2.05, 4.69) is 39.5 Å². The van der Waals surface area contributed by atoms with Gasteiger partial charge in [-0.05, 0) is 36.6 Å². The van der Waals surface area contributed by atoms with Gasteiger partial charge in [-0.15, -0.1) is 5.10 Å². The van der Waals surface area contributed by atoms with Crippen LogP contribution in [0.25, 0.3) is 6.08 Å². The van der Waals surface area contributed by atoms with Crippen LogP contribution in [0.5, 0.6) is 5.75 Å². The third-order valence-electron chi connectivity index (χ3n) is 7.13. The number of aliphatic hydroxyl groups is 1. The molecule has 1 N–H and O–H groups in total. The normalized spacial score (nSPS) is 13.0. The fourth-order valence-electron chi connectivity index (χ4n) is 4.87. The maximum atomic E-state index is 14.7. The number of unbranched alkanes of at least 4 members (excludes halogenated alkanes) is 8. The van der Waals surface area contributed by atoms with E-state index in [9.17, 15) is 13.9 Å². The van der Waals surface area contributed by atoms with Crippen LogP contribution in [0.4, 0.5) is 8.78 Å². The summed E-state index contributed by atoms with van der Waals surface area (Å²) in [6.45, 7) is 2.14. The fraction of sp³-hybridized carbons (Fsp3) is 0.438. The van der Waals surface area contributed by atoms with Crippen LogP contribution in [0, 0.1) is 11.6 Å². The van der Waals surface area contributed by atoms with Gasteiger partial charge in [-0.3, -0.25) is 0 Å². The van der Waals surface area contributed by atoms with E-state index in [0.29, 0.717) is 11.4 Å². The summed E-state index contributed by atoms with van der Waals surface area (Å²) < 4.78 is 36.9. The number of halogens is 2. The predicted molar refractivity (Wildman–Crippen MR) is 157 cm³/mol. The number of benzene rings is 2. The van der Waals surface area contributed by atoms with E-state index in [-0.39, 0.29) is 25.3 Å². The molecular weight excluding hydrogens is 538 g/mol. The molecule has 1 atom stereocenters. The van der Waals surface area contributed by atoms with Crippen LogP contribution >= 0.6 is 0 Å².